The van der Waals surface area contributed by atoms with E-state index in [4.69, 9.17) is 4.74 Å². The van der Waals surface area contributed by atoms with Crippen molar-refractivity contribution in [2.45, 2.75) is 360 Å². The lowest BCUT2D eigenvalue weighted by atomic mass is 10.0. The molecule has 68 heavy (non-hydrogen) atoms. The van der Waals surface area contributed by atoms with Crippen molar-refractivity contribution in [3.8, 4) is 0 Å². The summed E-state index contributed by atoms with van der Waals surface area (Å²) in [6.45, 7) is 4.93. The molecule has 0 aromatic carbocycles. The van der Waals surface area contributed by atoms with Crippen LogP contribution in [-0.2, 0) is 14.3 Å². The summed E-state index contributed by atoms with van der Waals surface area (Å²) in [7, 11) is 0. The first kappa shape index (κ1) is 66.6. The van der Waals surface area contributed by atoms with Gasteiger partial charge in [-0.05, 0) is 32.1 Å². The summed E-state index contributed by atoms with van der Waals surface area (Å²) in [5, 5.41) is 23.1. The average molecular weight is 961 g/mol. The number of hydrogen-bond donors (Lipinski definition) is 3. The smallest absolute Gasteiger partial charge is 0.305 e. The Morgan fingerprint density at radius 2 is 0.676 bits per heavy atom. The molecule has 0 aliphatic carbocycles. The first-order valence-corrected chi connectivity index (χ1v) is 31.0. The highest BCUT2D eigenvalue weighted by molar-refractivity contribution is 5.76. The third kappa shape index (κ3) is 53.9. The van der Waals surface area contributed by atoms with E-state index < -0.39 is 12.1 Å². The van der Waals surface area contributed by atoms with E-state index in [1.54, 1.807) is 6.08 Å². The van der Waals surface area contributed by atoms with E-state index in [9.17, 15) is 19.8 Å². The third-order valence-electron chi connectivity index (χ3n) is 14.6. The van der Waals surface area contributed by atoms with Crippen LogP contribution in [0.3, 0.4) is 0 Å². The second-order valence-electron chi connectivity index (χ2n) is 21.4. The zero-order chi connectivity index (χ0) is 49.3. The number of allylic oxidation sites excluding steroid dienone is 1. The Labute approximate surface area is 425 Å². The molecule has 0 fully saturated rings. The molecular weight excluding hydrogens is 839 g/mol. The largest absolute Gasteiger partial charge is 0.466 e. The standard InChI is InChI=1S/C62H121NO5/c1-3-5-7-9-11-13-15-17-19-28-32-36-40-44-48-52-56-62(67)68-57-53-49-45-41-37-33-29-26-24-22-20-21-23-25-27-31-35-39-43-47-51-55-61(66)63-59(58-64)60(65)54-50-46-42-38-34-30-18-16-14-12-10-8-6-4-2/h50,54,59-60,64-65H,3-49,51-53,55-58H2,1-2H3,(H,63,66)/b54-50+. The van der Waals surface area contributed by atoms with Crippen LogP contribution in [0.5, 0.6) is 0 Å². The van der Waals surface area contributed by atoms with Crippen molar-refractivity contribution >= 4 is 11.9 Å². The van der Waals surface area contributed by atoms with Crippen LogP contribution in [0.1, 0.15) is 348 Å². The Hall–Kier alpha value is -1.40. The summed E-state index contributed by atoms with van der Waals surface area (Å²) < 4.78 is 5.49. The Morgan fingerprint density at radius 3 is 1.00 bits per heavy atom. The molecule has 0 aromatic rings. The molecule has 0 heterocycles. The van der Waals surface area contributed by atoms with Gasteiger partial charge in [-0.3, -0.25) is 9.59 Å². The predicted octanol–water partition coefficient (Wildman–Crippen LogP) is 19.2. The molecule has 2 unspecified atom stereocenters. The minimum absolute atomic E-state index is 0.0154. The number of aliphatic hydroxyl groups is 2. The maximum atomic E-state index is 12.5. The van der Waals surface area contributed by atoms with Crippen LogP contribution in [0.2, 0.25) is 0 Å². The molecule has 1 amide bonds. The van der Waals surface area contributed by atoms with Crippen molar-refractivity contribution in [3.05, 3.63) is 12.2 Å². The van der Waals surface area contributed by atoms with Crippen LogP contribution in [0, 0.1) is 0 Å². The Bertz CT molecular complexity index is 1020. The van der Waals surface area contributed by atoms with Crippen LogP contribution >= 0.6 is 0 Å². The van der Waals surface area contributed by atoms with Gasteiger partial charge in [-0.15, -0.1) is 0 Å². The van der Waals surface area contributed by atoms with Crippen molar-refractivity contribution in [1.29, 1.82) is 0 Å². The molecule has 0 rings (SSSR count). The molecule has 6 nitrogen and oxygen atoms in total. The van der Waals surface area contributed by atoms with Gasteiger partial charge in [0.1, 0.15) is 0 Å². The van der Waals surface area contributed by atoms with Gasteiger partial charge in [-0.2, -0.15) is 0 Å². The number of nitrogens with one attached hydrogen (secondary N) is 1. The summed E-state index contributed by atoms with van der Waals surface area (Å²) in [6.07, 6.45) is 69.6. The van der Waals surface area contributed by atoms with Gasteiger partial charge in [0.2, 0.25) is 5.91 Å². The quantitative estimate of drug-likeness (QED) is 0.0321. The number of carbonyl (C=O) groups is 2. The Kier molecular flexibility index (Phi) is 57.0. The predicted molar refractivity (Wildman–Crippen MR) is 297 cm³/mol. The number of ether oxygens (including phenoxy) is 1. The van der Waals surface area contributed by atoms with E-state index >= 15 is 0 Å². The molecule has 0 radical (unpaired) electrons. The van der Waals surface area contributed by atoms with Crippen LogP contribution in [-0.4, -0.2) is 47.4 Å². The lowest BCUT2D eigenvalue weighted by Gasteiger charge is -2.20. The summed E-state index contributed by atoms with van der Waals surface area (Å²) >= 11 is 0. The second-order valence-corrected chi connectivity index (χ2v) is 21.4. The highest BCUT2D eigenvalue weighted by Crippen LogP contribution is 2.18. The van der Waals surface area contributed by atoms with Gasteiger partial charge in [-0.1, -0.05) is 315 Å². The molecule has 0 aliphatic heterocycles. The average Bonchev–Trinajstić information content (AvgIpc) is 3.34. The van der Waals surface area contributed by atoms with Crippen molar-refractivity contribution in [2.24, 2.45) is 0 Å². The fourth-order valence-corrected chi connectivity index (χ4v) is 9.81. The summed E-state index contributed by atoms with van der Waals surface area (Å²) in [5.41, 5.74) is 0. The van der Waals surface area contributed by atoms with Crippen LogP contribution in [0.25, 0.3) is 0 Å². The highest BCUT2D eigenvalue weighted by Gasteiger charge is 2.18. The normalized spacial score (nSPS) is 12.6. The van der Waals surface area contributed by atoms with E-state index in [2.05, 4.69) is 19.2 Å². The van der Waals surface area contributed by atoms with E-state index in [1.165, 1.54) is 283 Å². The van der Waals surface area contributed by atoms with E-state index in [0.717, 1.165) is 38.5 Å². The SMILES string of the molecule is CCCCCCCCCCCCCC/C=C/C(O)C(CO)NC(=O)CCCCCCCCCCCCCCCCCCCCCCCOC(=O)CCCCCCCCCCCCCCCCCC. The van der Waals surface area contributed by atoms with Gasteiger partial charge >= 0.3 is 5.97 Å². The molecule has 2 atom stereocenters. The summed E-state index contributed by atoms with van der Waals surface area (Å²) in [4.78, 5) is 24.5. The lowest BCUT2D eigenvalue weighted by Crippen LogP contribution is -2.45. The van der Waals surface area contributed by atoms with Crippen molar-refractivity contribution in [2.75, 3.05) is 13.2 Å². The summed E-state index contributed by atoms with van der Waals surface area (Å²) in [6, 6.07) is -0.627. The van der Waals surface area contributed by atoms with Crippen LogP contribution in [0.15, 0.2) is 12.2 Å². The van der Waals surface area contributed by atoms with Crippen LogP contribution in [0.4, 0.5) is 0 Å². The van der Waals surface area contributed by atoms with Crippen molar-refractivity contribution in [1.82, 2.24) is 5.32 Å². The first-order valence-electron chi connectivity index (χ1n) is 31.0. The van der Waals surface area contributed by atoms with Crippen molar-refractivity contribution in [3.63, 3.8) is 0 Å². The molecule has 0 bridgehead atoms. The maximum absolute atomic E-state index is 12.5. The van der Waals surface area contributed by atoms with Gasteiger partial charge in [0.25, 0.3) is 0 Å². The topological polar surface area (TPSA) is 95.9 Å². The molecule has 0 saturated carbocycles. The number of esters is 1. The minimum atomic E-state index is -0.844. The molecule has 0 aliphatic rings. The molecule has 3 N–H and O–H groups in total. The Balaban J connectivity index is 3.38. The number of hydrogen-bond acceptors (Lipinski definition) is 5. The molecule has 0 aromatic heterocycles. The number of unbranched alkanes of at least 4 members (excludes halogenated alkanes) is 47. The zero-order valence-corrected chi connectivity index (χ0v) is 46.1. The van der Waals surface area contributed by atoms with Gasteiger partial charge in [-0.25, -0.2) is 0 Å². The van der Waals surface area contributed by atoms with E-state index in [-0.39, 0.29) is 18.5 Å². The minimum Gasteiger partial charge on any atom is -0.466 e. The van der Waals surface area contributed by atoms with E-state index in [0.29, 0.717) is 19.4 Å². The maximum Gasteiger partial charge on any atom is 0.305 e. The molecular formula is C62H121NO5. The van der Waals surface area contributed by atoms with Crippen LogP contribution < -0.4 is 5.32 Å². The number of amides is 1. The molecule has 404 valence electrons. The third-order valence-corrected chi connectivity index (χ3v) is 14.6. The fraction of sp³-hybridized carbons (Fsp3) is 0.935. The molecule has 6 heteroatoms. The zero-order valence-electron chi connectivity index (χ0n) is 46.1. The number of carbonyl (C=O) groups excluding carboxylic acids is 2. The molecule has 0 spiro atoms. The highest BCUT2D eigenvalue weighted by atomic mass is 16.5. The fourth-order valence-electron chi connectivity index (χ4n) is 9.81. The van der Waals surface area contributed by atoms with Gasteiger partial charge in [0.15, 0.2) is 0 Å². The summed E-state index contributed by atoms with van der Waals surface area (Å²) in [5.74, 6) is -0.0516. The molecule has 0 saturated heterocycles. The van der Waals surface area contributed by atoms with E-state index in [1.807, 2.05) is 6.08 Å². The second kappa shape index (κ2) is 58.2. The Morgan fingerprint density at radius 1 is 0.397 bits per heavy atom. The van der Waals surface area contributed by atoms with Gasteiger partial charge < -0.3 is 20.3 Å². The monoisotopic (exact) mass is 960 g/mol. The van der Waals surface area contributed by atoms with Gasteiger partial charge in [0, 0.05) is 12.8 Å². The first-order chi connectivity index (χ1) is 33.5. The number of aliphatic hydroxyl groups excluding tert-OH is 2. The number of rotatable bonds is 58. The van der Waals surface area contributed by atoms with Crippen molar-refractivity contribution < 1.29 is 24.5 Å². The lowest BCUT2D eigenvalue weighted by molar-refractivity contribution is -0.143. The van der Waals surface area contributed by atoms with Gasteiger partial charge in [0.05, 0.1) is 25.4 Å².